The normalized spacial score (nSPS) is 10.0. The van der Waals surface area contributed by atoms with E-state index in [4.69, 9.17) is 35.4 Å². The summed E-state index contributed by atoms with van der Waals surface area (Å²) < 4.78 is 0.690. The molecule has 0 saturated heterocycles. The van der Waals surface area contributed by atoms with Crippen LogP contribution in [0.25, 0.3) is 0 Å². The SMILES string of the molecule is O=C(NC(=S)Nc1ccc(Cl)cc1Cl)c1ccccc1Br. The first-order chi connectivity index (χ1) is 9.97. The van der Waals surface area contributed by atoms with Crippen molar-refractivity contribution in [2.75, 3.05) is 5.32 Å². The number of benzene rings is 2. The molecule has 0 saturated carbocycles. The molecule has 0 spiro atoms. The van der Waals surface area contributed by atoms with Crippen molar-refractivity contribution < 1.29 is 4.79 Å². The van der Waals surface area contributed by atoms with Crippen LogP contribution in [-0.4, -0.2) is 11.0 Å². The zero-order valence-corrected chi connectivity index (χ0v) is 14.4. The molecule has 0 aliphatic carbocycles. The Kier molecular flexibility index (Phi) is 5.58. The summed E-state index contributed by atoms with van der Waals surface area (Å²) in [6.45, 7) is 0. The average Bonchev–Trinajstić information content (AvgIpc) is 2.42. The summed E-state index contributed by atoms with van der Waals surface area (Å²) in [4.78, 5) is 12.1. The molecule has 0 aliphatic rings. The molecule has 0 aromatic heterocycles. The molecule has 0 atom stereocenters. The molecule has 0 unspecified atom stereocenters. The Morgan fingerprint density at radius 1 is 1.14 bits per heavy atom. The highest BCUT2D eigenvalue weighted by molar-refractivity contribution is 9.10. The van der Waals surface area contributed by atoms with Crippen LogP contribution in [0.3, 0.4) is 0 Å². The molecule has 2 aromatic rings. The molecular weight excluding hydrogens is 395 g/mol. The fraction of sp³-hybridized carbons (Fsp3) is 0. The maximum Gasteiger partial charge on any atom is 0.258 e. The fourth-order valence-corrected chi connectivity index (χ4v) is 2.68. The first-order valence-electron chi connectivity index (χ1n) is 5.79. The minimum absolute atomic E-state index is 0.153. The van der Waals surface area contributed by atoms with Gasteiger partial charge in [0.1, 0.15) is 0 Å². The van der Waals surface area contributed by atoms with Crippen LogP contribution in [0.1, 0.15) is 10.4 Å². The van der Waals surface area contributed by atoms with Gasteiger partial charge in [-0.15, -0.1) is 0 Å². The Bertz CT molecular complexity index is 709. The van der Waals surface area contributed by atoms with Crippen molar-refractivity contribution in [3.8, 4) is 0 Å². The standard InChI is InChI=1S/C14H9BrCl2N2OS/c15-10-4-2-1-3-9(10)13(20)19-14(21)18-12-6-5-8(16)7-11(12)17/h1-7H,(H2,18,19,20,21). The Morgan fingerprint density at radius 2 is 1.86 bits per heavy atom. The zero-order valence-electron chi connectivity index (χ0n) is 10.5. The lowest BCUT2D eigenvalue weighted by Crippen LogP contribution is -2.34. The third-order valence-corrected chi connectivity index (χ3v) is 3.97. The van der Waals surface area contributed by atoms with Crippen molar-refractivity contribution in [1.29, 1.82) is 0 Å². The Morgan fingerprint density at radius 3 is 2.52 bits per heavy atom. The van der Waals surface area contributed by atoms with Gasteiger partial charge in [-0.1, -0.05) is 35.3 Å². The van der Waals surface area contributed by atoms with Crippen molar-refractivity contribution in [3.63, 3.8) is 0 Å². The lowest BCUT2D eigenvalue weighted by molar-refractivity contribution is 0.0977. The van der Waals surface area contributed by atoms with Crippen molar-refractivity contribution in [2.45, 2.75) is 0 Å². The molecule has 21 heavy (non-hydrogen) atoms. The highest BCUT2D eigenvalue weighted by Crippen LogP contribution is 2.25. The topological polar surface area (TPSA) is 41.1 Å². The van der Waals surface area contributed by atoms with Crippen molar-refractivity contribution >= 4 is 68.1 Å². The highest BCUT2D eigenvalue weighted by Gasteiger charge is 2.11. The number of thiocarbonyl (C=S) groups is 1. The van der Waals surface area contributed by atoms with E-state index in [1.54, 1.807) is 36.4 Å². The number of carbonyl (C=O) groups is 1. The molecule has 0 bridgehead atoms. The molecule has 0 aliphatic heterocycles. The summed E-state index contributed by atoms with van der Waals surface area (Å²) in [5.41, 5.74) is 1.06. The number of amides is 1. The van der Waals surface area contributed by atoms with Crippen LogP contribution in [0.4, 0.5) is 5.69 Å². The lowest BCUT2D eigenvalue weighted by Gasteiger charge is -2.11. The number of anilines is 1. The van der Waals surface area contributed by atoms with Gasteiger partial charge >= 0.3 is 0 Å². The maximum absolute atomic E-state index is 12.1. The van der Waals surface area contributed by atoms with E-state index in [9.17, 15) is 4.79 Å². The summed E-state index contributed by atoms with van der Waals surface area (Å²) in [5, 5.41) is 6.53. The molecule has 1 amide bonds. The first kappa shape index (κ1) is 16.2. The van der Waals surface area contributed by atoms with E-state index in [1.807, 2.05) is 6.07 Å². The van der Waals surface area contributed by atoms with E-state index in [0.29, 0.717) is 25.8 Å². The number of carbonyl (C=O) groups excluding carboxylic acids is 1. The van der Waals surface area contributed by atoms with Gasteiger partial charge in [0, 0.05) is 9.50 Å². The molecule has 2 rings (SSSR count). The predicted octanol–water partition coefficient (Wildman–Crippen LogP) is 4.88. The largest absolute Gasteiger partial charge is 0.331 e. The van der Waals surface area contributed by atoms with Crippen LogP contribution in [0.15, 0.2) is 46.9 Å². The molecule has 7 heteroatoms. The minimum Gasteiger partial charge on any atom is -0.331 e. The van der Waals surface area contributed by atoms with E-state index in [0.717, 1.165) is 0 Å². The smallest absolute Gasteiger partial charge is 0.258 e. The highest BCUT2D eigenvalue weighted by atomic mass is 79.9. The number of hydrogen-bond donors (Lipinski definition) is 2. The van der Waals surface area contributed by atoms with Crippen LogP contribution in [-0.2, 0) is 0 Å². The van der Waals surface area contributed by atoms with Gasteiger partial charge in [-0.25, -0.2) is 0 Å². The summed E-state index contributed by atoms with van der Waals surface area (Å²) in [6, 6.07) is 12.0. The zero-order chi connectivity index (χ0) is 15.4. The predicted molar refractivity (Wildman–Crippen MR) is 94.3 cm³/mol. The number of halogens is 3. The van der Waals surface area contributed by atoms with Crippen LogP contribution in [0.5, 0.6) is 0 Å². The molecule has 108 valence electrons. The summed E-state index contributed by atoms with van der Waals surface area (Å²) >= 11 is 20.3. The van der Waals surface area contributed by atoms with E-state index in [2.05, 4.69) is 26.6 Å². The molecule has 0 heterocycles. The van der Waals surface area contributed by atoms with Crippen molar-refractivity contribution in [1.82, 2.24) is 5.32 Å². The van der Waals surface area contributed by atoms with E-state index >= 15 is 0 Å². The van der Waals surface area contributed by atoms with E-state index < -0.39 is 0 Å². The average molecular weight is 404 g/mol. The number of rotatable bonds is 2. The van der Waals surface area contributed by atoms with Gasteiger partial charge in [0.2, 0.25) is 0 Å². The van der Waals surface area contributed by atoms with E-state index in [1.165, 1.54) is 0 Å². The second-order valence-electron chi connectivity index (χ2n) is 4.01. The Hall–Kier alpha value is -1.14. The first-order valence-corrected chi connectivity index (χ1v) is 7.75. The van der Waals surface area contributed by atoms with Gasteiger partial charge in [0.15, 0.2) is 5.11 Å². The molecule has 2 N–H and O–H groups in total. The number of nitrogens with one attached hydrogen (secondary N) is 2. The van der Waals surface area contributed by atoms with Crippen LogP contribution in [0, 0.1) is 0 Å². The van der Waals surface area contributed by atoms with Crippen LogP contribution >= 0.6 is 51.3 Å². The van der Waals surface area contributed by atoms with Gasteiger partial charge in [0.05, 0.1) is 16.3 Å². The van der Waals surface area contributed by atoms with Gasteiger partial charge < -0.3 is 5.32 Å². The fourth-order valence-electron chi connectivity index (χ4n) is 1.56. The quantitative estimate of drug-likeness (QED) is 0.702. The molecule has 3 nitrogen and oxygen atoms in total. The van der Waals surface area contributed by atoms with Gasteiger partial charge in [0.25, 0.3) is 5.91 Å². The summed E-state index contributed by atoms with van der Waals surface area (Å²) in [6.07, 6.45) is 0. The second-order valence-corrected chi connectivity index (χ2v) is 6.12. The van der Waals surface area contributed by atoms with Gasteiger partial charge in [-0.2, -0.15) is 0 Å². The molecule has 2 aromatic carbocycles. The Balaban J connectivity index is 2.05. The van der Waals surface area contributed by atoms with Crippen molar-refractivity contribution in [3.05, 3.63) is 62.5 Å². The number of hydrogen-bond acceptors (Lipinski definition) is 2. The van der Waals surface area contributed by atoms with Gasteiger partial charge in [-0.3, -0.25) is 10.1 Å². The van der Waals surface area contributed by atoms with Crippen LogP contribution < -0.4 is 10.6 Å². The minimum atomic E-state index is -0.315. The van der Waals surface area contributed by atoms with Gasteiger partial charge in [-0.05, 0) is 58.5 Å². The van der Waals surface area contributed by atoms with Crippen LogP contribution in [0.2, 0.25) is 10.0 Å². The second kappa shape index (κ2) is 7.22. The van der Waals surface area contributed by atoms with Crippen molar-refractivity contribution in [2.24, 2.45) is 0 Å². The molecule has 0 radical (unpaired) electrons. The summed E-state index contributed by atoms with van der Waals surface area (Å²) in [7, 11) is 0. The van der Waals surface area contributed by atoms with E-state index in [-0.39, 0.29) is 11.0 Å². The third kappa shape index (κ3) is 4.41. The molecule has 0 fully saturated rings. The third-order valence-electron chi connectivity index (χ3n) is 2.52. The molecular formula is C14H9BrCl2N2OS. The lowest BCUT2D eigenvalue weighted by atomic mass is 10.2. The maximum atomic E-state index is 12.1. The Labute approximate surface area is 145 Å². The monoisotopic (exact) mass is 402 g/mol. The summed E-state index contributed by atoms with van der Waals surface area (Å²) in [5.74, 6) is -0.315.